The van der Waals surface area contributed by atoms with Crippen molar-refractivity contribution in [1.82, 2.24) is 18.8 Å². The minimum atomic E-state index is -0.338. The topological polar surface area (TPSA) is 98.7 Å². The number of fused-ring (bicyclic) bond motifs is 6. The Labute approximate surface area is 244 Å². The summed E-state index contributed by atoms with van der Waals surface area (Å²) in [7, 11) is 1.76. The molecular weight excluding hydrogens is 540 g/mol. The summed E-state index contributed by atoms with van der Waals surface area (Å²) in [5.41, 5.74) is 3.40. The van der Waals surface area contributed by atoms with Crippen molar-refractivity contribution in [2.75, 3.05) is 33.4 Å². The summed E-state index contributed by atoms with van der Waals surface area (Å²) in [6, 6.07) is 0.371. The number of hydrogen-bond acceptors (Lipinski definition) is 8. The molecule has 2 fully saturated rings. The number of H-pyrrole nitrogens is 1. The molecule has 220 valence electrons. The van der Waals surface area contributed by atoms with Gasteiger partial charge in [0.15, 0.2) is 0 Å². The van der Waals surface area contributed by atoms with Gasteiger partial charge in [0.25, 0.3) is 11.1 Å². The Morgan fingerprint density at radius 3 is 2.90 bits per heavy atom. The van der Waals surface area contributed by atoms with E-state index in [9.17, 15) is 9.59 Å². The van der Waals surface area contributed by atoms with Gasteiger partial charge in [0.05, 0.1) is 36.3 Å². The van der Waals surface area contributed by atoms with E-state index in [1.54, 1.807) is 11.1 Å². The highest BCUT2D eigenvalue weighted by atomic mass is 32.1. The van der Waals surface area contributed by atoms with Crippen molar-refractivity contribution in [3.63, 3.8) is 0 Å². The quantitative estimate of drug-likeness (QED) is 0.569. The number of aryl methyl sites for hydroxylation is 1. The second-order valence-corrected chi connectivity index (χ2v) is 12.7. The van der Waals surface area contributed by atoms with Gasteiger partial charge in [0.1, 0.15) is 17.6 Å². The fraction of sp³-hybridized carbons (Fsp3) is 0.581. The molecule has 1 N–H and O–H groups in total. The first kappa shape index (κ1) is 28.3. The monoisotopic (exact) mass is 580 g/mol. The fourth-order valence-electron chi connectivity index (χ4n) is 6.55. The van der Waals surface area contributed by atoms with E-state index >= 15 is 0 Å². The average Bonchev–Trinajstić information content (AvgIpc) is 3.47. The number of nitrogens with one attached hydrogen (secondary N) is 1. The lowest BCUT2D eigenvalue weighted by Gasteiger charge is -2.35. The van der Waals surface area contributed by atoms with Crippen molar-refractivity contribution in [3.05, 3.63) is 71.7 Å². The Balaban J connectivity index is 1.43. The molecule has 6 rings (SSSR count). The Morgan fingerprint density at radius 2 is 2.07 bits per heavy atom. The van der Waals surface area contributed by atoms with E-state index in [0.717, 1.165) is 59.9 Å². The molecule has 9 nitrogen and oxygen atoms in total. The molecule has 2 aromatic rings. The molecule has 0 spiro atoms. The van der Waals surface area contributed by atoms with Crippen molar-refractivity contribution in [1.29, 1.82) is 0 Å². The van der Waals surface area contributed by atoms with E-state index in [0.29, 0.717) is 43.5 Å². The molecule has 4 unspecified atom stereocenters. The van der Waals surface area contributed by atoms with Crippen LogP contribution in [0.15, 0.2) is 33.1 Å². The van der Waals surface area contributed by atoms with Crippen LogP contribution in [0, 0.1) is 0 Å². The highest BCUT2D eigenvalue weighted by molar-refractivity contribution is 7.06. The first-order valence-electron chi connectivity index (χ1n) is 14.9. The Morgan fingerprint density at radius 1 is 1.20 bits per heavy atom. The molecule has 5 heterocycles. The highest BCUT2D eigenvalue weighted by Gasteiger charge is 2.31. The van der Waals surface area contributed by atoms with E-state index < -0.39 is 0 Å². The van der Waals surface area contributed by atoms with E-state index in [4.69, 9.17) is 19.2 Å². The molecule has 0 amide bonds. The lowest BCUT2D eigenvalue weighted by atomic mass is 10.0. The van der Waals surface area contributed by atoms with Gasteiger partial charge in [0, 0.05) is 49.9 Å². The van der Waals surface area contributed by atoms with E-state index in [2.05, 4.69) is 22.0 Å². The number of aromatic amines is 1. The first-order valence-corrected chi connectivity index (χ1v) is 15.6. The summed E-state index contributed by atoms with van der Waals surface area (Å²) in [5, 5.41) is 0. The van der Waals surface area contributed by atoms with Crippen LogP contribution in [-0.2, 0) is 27.2 Å². The highest BCUT2D eigenvalue weighted by Crippen LogP contribution is 2.32. The predicted molar refractivity (Wildman–Crippen MR) is 160 cm³/mol. The van der Waals surface area contributed by atoms with Crippen LogP contribution in [0.3, 0.4) is 0 Å². The van der Waals surface area contributed by atoms with Crippen molar-refractivity contribution >= 4 is 23.7 Å². The molecule has 4 atom stereocenters. The molecule has 41 heavy (non-hydrogen) atoms. The zero-order valence-electron chi connectivity index (χ0n) is 24.2. The number of likely N-dealkylation sites (tertiary alicyclic amines) is 1. The van der Waals surface area contributed by atoms with Gasteiger partial charge in [-0.2, -0.15) is 0 Å². The predicted octanol–water partition coefficient (Wildman–Crippen LogP) is 4.08. The SMILES string of the molecule is C/C=C\c1c2sn(c1=O)CCC1CC(CO1)OC1=CC(CN3CCCCC3COC)=Cc3[nH]c(=O)c(nc3C1)C2C. The second-order valence-electron chi connectivity index (χ2n) is 11.6. The van der Waals surface area contributed by atoms with Crippen molar-refractivity contribution in [3.8, 4) is 0 Å². The van der Waals surface area contributed by atoms with Gasteiger partial charge < -0.3 is 19.2 Å². The second kappa shape index (κ2) is 12.2. The summed E-state index contributed by atoms with van der Waals surface area (Å²) in [4.78, 5) is 38.3. The number of aromatic nitrogens is 3. The van der Waals surface area contributed by atoms with Crippen LogP contribution < -0.4 is 11.1 Å². The minimum absolute atomic E-state index is 0.0266. The van der Waals surface area contributed by atoms with E-state index in [1.807, 2.05) is 26.0 Å². The molecule has 1 aliphatic carbocycles. The number of allylic oxidation sites excluding steroid dienone is 2. The van der Waals surface area contributed by atoms with Crippen molar-refractivity contribution in [2.24, 2.45) is 0 Å². The number of rotatable bonds is 5. The fourth-order valence-corrected chi connectivity index (χ4v) is 7.69. The van der Waals surface area contributed by atoms with Crippen molar-refractivity contribution < 1.29 is 14.2 Å². The van der Waals surface area contributed by atoms with E-state index in [1.165, 1.54) is 24.4 Å². The van der Waals surface area contributed by atoms with Crippen LogP contribution >= 0.6 is 11.5 Å². The number of ether oxygens (including phenoxy) is 3. The van der Waals surface area contributed by atoms with Crippen LogP contribution in [-0.4, -0.2) is 70.5 Å². The number of hydrogen-bond donors (Lipinski definition) is 1. The maximum Gasteiger partial charge on any atom is 0.270 e. The molecule has 7 bridgehead atoms. The Bertz CT molecular complexity index is 1480. The smallest absolute Gasteiger partial charge is 0.270 e. The molecular formula is C31H40N4O5S. The summed E-state index contributed by atoms with van der Waals surface area (Å²) >= 11 is 1.43. The summed E-state index contributed by atoms with van der Waals surface area (Å²) in [6.45, 7) is 7.43. The third kappa shape index (κ3) is 5.93. The third-order valence-corrected chi connectivity index (χ3v) is 9.98. The molecule has 0 radical (unpaired) electrons. The zero-order valence-corrected chi connectivity index (χ0v) is 25.0. The lowest BCUT2D eigenvalue weighted by Crippen LogP contribution is -2.43. The molecule has 2 saturated heterocycles. The van der Waals surface area contributed by atoms with Gasteiger partial charge in [-0.1, -0.05) is 37.0 Å². The summed E-state index contributed by atoms with van der Waals surface area (Å²) in [5.74, 6) is 0.511. The summed E-state index contributed by atoms with van der Waals surface area (Å²) in [6.07, 6.45) is 13.4. The zero-order chi connectivity index (χ0) is 28.5. The number of methoxy groups -OCH3 is 1. The first-order chi connectivity index (χ1) is 19.9. The third-order valence-electron chi connectivity index (χ3n) is 8.64. The number of nitrogens with zero attached hydrogens (tertiary/aromatic N) is 3. The molecule has 10 heteroatoms. The van der Waals surface area contributed by atoms with Crippen LogP contribution in [0.5, 0.6) is 0 Å². The van der Waals surface area contributed by atoms with Crippen LogP contribution in [0.25, 0.3) is 12.2 Å². The normalized spacial score (nSPS) is 26.7. The Hall–Kier alpha value is -2.79. The standard InChI is InChI=1S/C31H40N4O5S/c1-4-7-25-29-19(2)28-30(36)33-26-13-20(16-34-10-6-5-8-21(34)17-38-3)12-23(15-27(26)32-28)40-24-14-22(39-18-24)9-11-35(41-29)31(25)37/h4,7,12-13,19,21-22,24H,5-6,8-11,14-18H2,1-3H3,(H,33,36)/b7-4-. The van der Waals surface area contributed by atoms with Gasteiger partial charge in [0.2, 0.25) is 0 Å². The lowest BCUT2D eigenvalue weighted by molar-refractivity contribution is 0.0667. The van der Waals surface area contributed by atoms with Gasteiger partial charge in [-0.05, 0) is 50.5 Å². The van der Waals surface area contributed by atoms with Crippen LogP contribution in [0.4, 0.5) is 0 Å². The number of piperidine rings is 1. The maximum absolute atomic E-state index is 13.5. The van der Waals surface area contributed by atoms with Gasteiger partial charge in [-0.25, -0.2) is 4.98 Å². The largest absolute Gasteiger partial charge is 0.492 e. The van der Waals surface area contributed by atoms with E-state index in [-0.39, 0.29) is 29.2 Å². The molecule has 2 aromatic heterocycles. The minimum Gasteiger partial charge on any atom is -0.492 e. The van der Waals surface area contributed by atoms with Gasteiger partial charge in [-0.3, -0.25) is 18.4 Å². The summed E-state index contributed by atoms with van der Waals surface area (Å²) < 4.78 is 20.0. The van der Waals surface area contributed by atoms with Gasteiger partial charge >= 0.3 is 0 Å². The molecule has 3 aliphatic heterocycles. The van der Waals surface area contributed by atoms with Crippen molar-refractivity contribution in [2.45, 2.75) is 83.1 Å². The molecule has 4 aliphatic rings. The van der Waals surface area contributed by atoms with Gasteiger partial charge in [-0.15, -0.1) is 0 Å². The maximum atomic E-state index is 13.5. The Kier molecular flexibility index (Phi) is 8.44. The molecule has 0 saturated carbocycles. The average molecular weight is 581 g/mol. The van der Waals surface area contributed by atoms with Crippen LogP contribution in [0.1, 0.15) is 79.4 Å². The molecule has 0 aromatic carbocycles. The van der Waals surface area contributed by atoms with Crippen LogP contribution in [0.2, 0.25) is 0 Å².